The van der Waals surface area contributed by atoms with E-state index >= 15 is 0 Å². The highest BCUT2D eigenvalue weighted by molar-refractivity contribution is 5.71. The summed E-state index contributed by atoms with van der Waals surface area (Å²) in [4.78, 5) is 38.3. The second kappa shape index (κ2) is 68.1. The molecule has 0 spiro atoms. The standard InChI is InChI=1S/C74H130O6/c1-4-7-10-13-16-19-22-25-27-28-29-30-31-32-33-34-35-36-37-38-39-40-41-42-43-44-45-46-48-49-52-55-58-61-64-67-73(76)79-70-71(69-78-72(75)66-63-60-57-54-51-24-21-18-15-12-9-6-3)80-74(77)68-65-62-59-56-53-50-47-26-23-20-17-14-11-8-5-2/h7-8,10-11,16-17,19-20,25-27,29-30,47,71H,4-6,9,12-15,18,21-24,28,31-46,48-70H2,1-3H3/b10-7-,11-8-,19-16-,20-17-,27-25-,30-29-,47-26-. The van der Waals surface area contributed by atoms with Crippen molar-refractivity contribution in [3.8, 4) is 0 Å². The van der Waals surface area contributed by atoms with Crippen LogP contribution in [0.5, 0.6) is 0 Å². The Bertz CT molecular complexity index is 1520. The van der Waals surface area contributed by atoms with Crippen LogP contribution < -0.4 is 0 Å². The summed E-state index contributed by atoms with van der Waals surface area (Å²) in [6, 6.07) is 0. The van der Waals surface area contributed by atoms with Crippen molar-refractivity contribution in [1.82, 2.24) is 0 Å². The maximum atomic E-state index is 12.9. The van der Waals surface area contributed by atoms with E-state index in [0.717, 1.165) is 122 Å². The summed E-state index contributed by atoms with van der Waals surface area (Å²) in [6.07, 6.45) is 90.6. The number of esters is 3. The van der Waals surface area contributed by atoms with Gasteiger partial charge < -0.3 is 14.2 Å². The van der Waals surface area contributed by atoms with Gasteiger partial charge in [0.25, 0.3) is 0 Å². The van der Waals surface area contributed by atoms with Gasteiger partial charge in [0.15, 0.2) is 6.10 Å². The molecule has 0 aliphatic rings. The molecule has 0 aromatic rings. The average molecular weight is 1120 g/mol. The van der Waals surface area contributed by atoms with Gasteiger partial charge in [-0.1, -0.05) is 324 Å². The second-order valence-electron chi connectivity index (χ2n) is 23.0. The number of ether oxygens (including phenoxy) is 3. The van der Waals surface area contributed by atoms with Crippen molar-refractivity contribution in [2.45, 2.75) is 354 Å². The quantitative estimate of drug-likeness (QED) is 0.0261. The van der Waals surface area contributed by atoms with Crippen LogP contribution in [-0.2, 0) is 28.6 Å². The lowest BCUT2D eigenvalue weighted by Crippen LogP contribution is -2.30. The minimum absolute atomic E-state index is 0.0777. The molecule has 80 heavy (non-hydrogen) atoms. The van der Waals surface area contributed by atoms with Crippen LogP contribution in [0.1, 0.15) is 348 Å². The number of rotatable bonds is 63. The van der Waals surface area contributed by atoms with E-state index in [9.17, 15) is 14.4 Å². The fourth-order valence-corrected chi connectivity index (χ4v) is 10.0. The van der Waals surface area contributed by atoms with Crippen molar-refractivity contribution < 1.29 is 28.6 Å². The zero-order valence-electron chi connectivity index (χ0n) is 53.1. The normalized spacial score (nSPS) is 12.6. The van der Waals surface area contributed by atoms with Gasteiger partial charge in [-0.3, -0.25) is 14.4 Å². The van der Waals surface area contributed by atoms with Gasteiger partial charge in [-0.05, 0) is 89.9 Å². The number of carbonyl (C=O) groups is 3. The molecule has 1 atom stereocenters. The molecule has 0 fully saturated rings. The summed E-state index contributed by atoms with van der Waals surface area (Å²) in [6.45, 7) is 6.44. The van der Waals surface area contributed by atoms with E-state index in [-0.39, 0.29) is 31.1 Å². The minimum Gasteiger partial charge on any atom is -0.462 e. The molecule has 0 saturated carbocycles. The predicted octanol–water partition coefficient (Wildman–Crippen LogP) is 23.8. The summed E-state index contributed by atoms with van der Waals surface area (Å²) in [5, 5.41) is 0. The summed E-state index contributed by atoms with van der Waals surface area (Å²) in [7, 11) is 0. The maximum Gasteiger partial charge on any atom is 0.306 e. The molecule has 1 unspecified atom stereocenters. The largest absolute Gasteiger partial charge is 0.462 e. The van der Waals surface area contributed by atoms with E-state index in [1.165, 1.54) is 186 Å². The number of allylic oxidation sites excluding steroid dienone is 14. The van der Waals surface area contributed by atoms with Gasteiger partial charge in [0, 0.05) is 19.3 Å². The van der Waals surface area contributed by atoms with E-state index < -0.39 is 6.10 Å². The van der Waals surface area contributed by atoms with Gasteiger partial charge >= 0.3 is 17.9 Å². The molecule has 0 radical (unpaired) electrons. The molecule has 0 heterocycles. The molecule has 0 amide bonds. The van der Waals surface area contributed by atoms with Crippen LogP contribution in [0, 0.1) is 0 Å². The topological polar surface area (TPSA) is 78.9 Å². The number of unbranched alkanes of at least 4 members (excludes halogenated alkanes) is 38. The predicted molar refractivity (Wildman–Crippen MR) is 348 cm³/mol. The van der Waals surface area contributed by atoms with Crippen molar-refractivity contribution in [2.75, 3.05) is 13.2 Å². The summed E-state index contributed by atoms with van der Waals surface area (Å²) in [5.41, 5.74) is 0. The zero-order valence-corrected chi connectivity index (χ0v) is 53.1. The van der Waals surface area contributed by atoms with Crippen LogP contribution in [0.2, 0.25) is 0 Å². The van der Waals surface area contributed by atoms with Crippen molar-refractivity contribution in [1.29, 1.82) is 0 Å². The fraction of sp³-hybridized carbons (Fsp3) is 0.770. The van der Waals surface area contributed by atoms with E-state index in [1.807, 2.05) is 0 Å². The first-order valence-corrected chi connectivity index (χ1v) is 34.6. The van der Waals surface area contributed by atoms with Gasteiger partial charge in [-0.15, -0.1) is 0 Å². The third-order valence-corrected chi connectivity index (χ3v) is 15.1. The molecule has 0 aliphatic heterocycles. The van der Waals surface area contributed by atoms with E-state index in [2.05, 4.69) is 106 Å². The van der Waals surface area contributed by atoms with Crippen molar-refractivity contribution in [3.05, 3.63) is 85.1 Å². The first-order chi connectivity index (χ1) is 39.5. The molecule has 0 rings (SSSR count). The first kappa shape index (κ1) is 76.6. The lowest BCUT2D eigenvalue weighted by molar-refractivity contribution is -0.167. The molecule has 0 aromatic heterocycles. The number of hydrogen-bond acceptors (Lipinski definition) is 6. The zero-order chi connectivity index (χ0) is 57.8. The Labute approximate surface area is 496 Å². The maximum absolute atomic E-state index is 12.9. The number of carbonyl (C=O) groups excluding carboxylic acids is 3. The van der Waals surface area contributed by atoms with Crippen LogP contribution in [0.4, 0.5) is 0 Å². The minimum atomic E-state index is -0.782. The molecule has 6 heteroatoms. The van der Waals surface area contributed by atoms with Crippen molar-refractivity contribution in [3.63, 3.8) is 0 Å². The summed E-state index contributed by atoms with van der Waals surface area (Å²) >= 11 is 0. The van der Waals surface area contributed by atoms with Gasteiger partial charge in [-0.2, -0.15) is 0 Å². The Hall–Kier alpha value is -3.41. The van der Waals surface area contributed by atoms with Gasteiger partial charge in [0.05, 0.1) is 0 Å². The third-order valence-electron chi connectivity index (χ3n) is 15.1. The Morgan fingerprint density at radius 1 is 0.263 bits per heavy atom. The lowest BCUT2D eigenvalue weighted by Gasteiger charge is -2.18. The number of hydrogen-bond donors (Lipinski definition) is 0. The SMILES string of the molecule is CC/C=C\C/C=C\C/C=C\C/C=C\CCCCCCCCCCCCCCCCCCCCCCCCC(=O)OCC(COC(=O)CCCCCCCCCCCCCC)OC(=O)CCCCCCC/C=C\C/C=C\C/C=C\CC. The van der Waals surface area contributed by atoms with Crippen LogP contribution in [0.15, 0.2) is 85.1 Å². The fourth-order valence-electron chi connectivity index (χ4n) is 10.0. The average Bonchev–Trinajstić information content (AvgIpc) is 3.46. The molecule has 0 aromatic carbocycles. The van der Waals surface area contributed by atoms with E-state index in [4.69, 9.17) is 14.2 Å². The van der Waals surface area contributed by atoms with Gasteiger partial charge in [0.1, 0.15) is 13.2 Å². The van der Waals surface area contributed by atoms with E-state index in [1.54, 1.807) is 0 Å². The Morgan fingerprint density at radius 2 is 0.487 bits per heavy atom. The molecular weight excluding hydrogens is 985 g/mol. The molecule has 6 nitrogen and oxygen atoms in total. The van der Waals surface area contributed by atoms with Gasteiger partial charge in [-0.25, -0.2) is 0 Å². The first-order valence-electron chi connectivity index (χ1n) is 34.6. The van der Waals surface area contributed by atoms with Crippen molar-refractivity contribution in [2.24, 2.45) is 0 Å². The molecular formula is C74H130O6. The Balaban J connectivity index is 4.07. The highest BCUT2D eigenvalue weighted by Gasteiger charge is 2.19. The summed E-state index contributed by atoms with van der Waals surface area (Å²) in [5.74, 6) is -0.877. The Morgan fingerprint density at radius 3 is 0.762 bits per heavy atom. The van der Waals surface area contributed by atoms with Crippen LogP contribution in [0.3, 0.4) is 0 Å². The Kier molecular flexibility index (Phi) is 65.2. The lowest BCUT2D eigenvalue weighted by atomic mass is 10.0. The third kappa shape index (κ3) is 65.4. The van der Waals surface area contributed by atoms with E-state index in [0.29, 0.717) is 19.3 Å². The van der Waals surface area contributed by atoms with Crippen LogP contribution in [0.25, 0.3) is 0 Å². The smallest absolute Gasteiger partial charge is 0.306 e. The molecule has 0 saturated heterocycles. The van der Waals surface area contributed by atoms with Gasteiger partial charge in [0.2, 0.25) is 0 Å². The molecule has 462 valence electrons. The van der Waals surface area contributed by atoms with Crippen molar-refractivity contribution >= 4 is 17.9 Å². The van der Waals surface area contributed by atoms with Crippen LogP contribution in [-0.4, -0.2) is 37.2 Å². The molecule has 0 aliphatic carbocycles. The second-order valence-corrected chi connectivity index (χ2v) is 23.0. The van der Waals surface area contributed by atoms with Crippen LogP contribution >= 0.6 is 0 Å². The molecule has 0 N–H and O–H groups in total. The summed E-state index contributed by atoms with van der Waals surface area (Å²) < 4.78 is 16.9. The highest BCUT2D eigenvalue weighted by atomic mass is 16.6. The highest BCUT2D eigenvalue weighted by Crippen LogP contribution is 2.18. The monoisotopic (exact) mass is 1110 g/mol. The molecule has 0 bridgehead atoms.